The van der Waals surface area contributed by atoms with Gasteiger partial charge in [-0.05, 0) is 72.2 Å². The van der Waals surface area contributed by atoms with Crippen LogP contribution in [0.15, 0.2) is 88.8 Å². The molecule has 0 bridgehead atoms. The van der Waals surface area contributed by atoms with Crippen molar-refractivity contribution in [1.29, 1.82) is 5.26 Å². The third-order valence-electron chi connectivity index (χ3n) is 6.62. The van der Waals surface area contributed by atoms with Crippen molar-refractivity contribution in [3.63, 3.8) is 0 Å². The van der Waals surface area contributed by atoms with Gasteiger partial charge in [-0.3, -0.25) is 0 Å². The lowest BCUT2D eigenvalue weighted by Crippen LogP contribution is -2.40. The lowest BCUT2D eigenvalue weighted by molar-refractivity contribution is 0.276. The van der Waals surface area contributed by atoms with Gasteiger partial charge in [0, 0.05) is 21.7 Å². The van der Waals surface area contributed by atoms with Crippen LogP contribution in [0.3, 0.4) is 0 Å². The summed E-state index contributed by atoms with van der Waals surface area (Å²) in [4.78, 5) is 2.10. The van der Waals surface area contributed by atoms with Crippen molar-refractivity contribution in [3.8, 4) is 23.0 Å². The molecule has 36 heavy (non-hydrogen) atoms. The fourth-order valence-electron chi connectivity index (χ4n) is 3.32. The Morgan fingerprint density at radius 3 is 2.19 bits per heavy atom. The Hall–Kier alpha value is -2.82. The van der Waals surface area contributed by atoms with Gasteiger partial charge in [-0.1, -0.05) is 68.4 Å². The van der Waals surface area contributed by atoms with E-state index in [-0.39, 0.29) is 5.04 Å². The molecular weight excluding hydrogens is 502 g/mol. The van der Waals surface area contributed by atoms with Gasteiger partial charge in [0.05, 0.1) is 28.8 Å². The molecule has 0 saturated heterocycles. The lowest BCUT2D eigenvalue weighted by Gasteiger charge is -2.36. The molecule has 184 valence electrons. The first-order chi connectivity index (χ1) is 17.1. The quantitative estimate of drug-likeness (QED) is 0.224. The Bertz CT molecular complexity index is 1370. The van der Waals surface area contributed by atoms with Gasteiger partial charge in [-0.15, -0.1) is 0 Å². The molecule has 0 aliphatic carbocycles. The van der Waals surface area contributed by atoms with Crippen LogP contribution in [0.25, 0.3) is 16.9 Å². The molecule has 0 aliphatic rings. The van der Waals surface area contributed by atoms with E-state index in [1.165, 1.54) is 0 Å². The molecule has 7 heteroatoms. The van der Waals surface area contributed by atoms with Crippen LogP contribution in [-0.4, -0.2) is 18.1 Å². The fraction of sp³-hybridized carbons (Fsp3) is 0.241. The minimum atomic E-state index is -1.80. The number of hydrogen-bond acceptors (Lipinski definition) is 4. The van der Waals surface area contributed by atoms with Crippen LogP contribution in [0, 0.1) is 11.3 Å². The number of aromatic nitrogens is 2. The van der Waals surface area contributed by atoms with Crippen molar-refractivity contribution < 1.29 is 4.43 Å². The maximum Gasteiger partial charge on any atom is 0.192 e. The predicted octanol–water partition coefficient (Wildman–Crippen LogP) is 8.74. The predicted molar refractivity (Wildman–Crippen MR) is 151 cm³/mol. The standard InChI is InChI=1S/C29H30ClN3OSSi/c1-29(2,3)36(4,5)34-20-22-8-14-25(15-9-22)33-19-27(35-26-16-12-24(30)13-17-26)28(32-33)23-10-6-21(18-31)7-11-23/h6-17,19H,20H2,1-5H3. The van der Waals surface area contributed by atoms with Gasteiger partial charge < -0.3 is 4.43 Å². The van der Waals surface area contributed by atoms with Crippen LogP contribution < -0.4 is 0 Å². The highest BCUT2D eigenvalue weighted by atomic mass is 35.5. The topological polar surface area (TPSA) is 50.8 Å². The monoisotopic (exact) mass is 531 g/mol. The van der Waals surface area contributed by atoms with E-state index >= 15 is 0 Å². The van der Waals surface area contributed by atoms with E-state index in [2.05, 4.69) is 64.2 Å². The Labute approximate surface area is 224 Å². The van der Waals surface area contributed by atoms with Crippen molar-refractivity contribution in [2.45, 2.75) is 55.3 Å². The summed E-state index contributed by atoms with van der Waals surface area (Å²) in [5.41, 5.74) is 4.58. The highest BCUT2D eigenvalue weighted by molar-refractivity contribution is 7.99. The first-order valence-electron chi connectivity index (χ1n) is 11.8. The highest BCUT2D eigenvalue weighted by Gasteiger charge is 2.37. The van der Waals surface area contributed by atoms with Crippen molar-refractivity contribution in [3.05, 3.63) is 95.1 Å². The van der Waals surface area contributed by atoms with Crippen LogP contribution in [0.5, 0.6) is 0 Å². The van der Waals surface area contributed by atoms with E-state index in [9.17, 15) is 5.26 Å². The molecule has 1 heterocycles. The molecule has 1 aromatic heterocycles. The average Bonchev–Trinajstić information content (AvgIpc) is 3.27. The zero-order valence-electron chi connectivity index (χ0n) is 21.2. The summed E-state index contributed by atoms with van der Waals surface area (Å²) in [5, 5.41) is 15.0. The third kappa shape index (κ3) is 6.11. The van der Waals surface area contributed by atoms with Gasteiger partial charge >= 0.3 is 0 Å². The SMILES string of the molecule is CC(C)(C)[Si](C)(C)OCc1ccc(-n2cc(Sc3ccc(Cl)cc3)c(-c3ccc(C#N)cc3)n2)cc1. The molecule has 0 N–H and O–H groups in total. The van der Waals surface area contributed by atoms with Crippen molar-refractivity contribution in [2.75, 3.05) is 0 Å². The van der Waals surface area contributed by atoms with Crippen LogP contribution in [0.4, 0.5) is 0 Å². The number of rotatable bonds is 7. The minimum absolute atomic E-state index is 0.183. The first-order valence-corrected chi connectivity index (χ1v) is 15.9. The maximum atomic E-state index is 9.18. The van der Waals surface area contributed by atoms with Crippen LogP contribution >= 0.6 is 23.4 Å². The van der Waals surface area contributed by atoms with E-state index in [1.807, 2.05) is 59.4 Å². The van der Waals surface area contributed by atoms with E-state index in [4.69, 9.17) is 21.1 Å². The number of benzene rings is 3. The molecule has 0 fully saturated rings. The van der Waals surface area contributed by atoms with Gasteiger partial charge in [0.1, 0.15) is 5.69 Å². The zero-order chi connectivity index (χ0) is 25.9. The van der Waals surface area contributed by atoms with Crippen molar-refractivity contribution >= 4 is 31.7 Å². The van der Waals surface area contributed by atoms with Crippen LogP contribution in [-0.2, 0) is 11.0 Å². The highest BCUT2D eigenvalue weighted by Crippen LogP contribution is 2.38. The molecule has 4 aromatic rings. The van der Waals surface area contributed by atoms with Gasteiger partial charge in [0.15, 0.2) is 8.32 Å². The second kappa shape index (κ2) is 10.7. The van der Waals surface area contributed by atoms with E-state index in [1.54, 1.807) is 11.8 Å². The van der Waals surface area contributed by atoms with E-state index in [0.29, 0.717) is 17.2 Å². The molecule has 3 aromatic carbocycles. The number of hydrogen-bond donors (Lipinski definition) is 0. The summed E-state index contributed by atoms with van der Waals surface area (Å²) in [6, 6.07) is 25.9. The summed E-state index contributed by atoms with van der Waals surface area (Å²) >= 11 is 7.71. The third-order valence-corrected chi connectivity index (χ3v) is 12.4. The Morgan fingerprint density at radius 1 is 0.972 bits per heavy atom. The Balaban J connectivity index is 1.62. The van der Waals surface area contributed by atoms with Crippen molar-refractivity contribution in [1.82, 2.24) is 9.78 Å². The van der Waals surface area contributed by atoms with Gasteiger partial charge in [0.2, 0.25) is 0 Å². The Kier molecular flexibility index (Phi) is 7.77. The molecule has 0 spiro atoms. The molecule has 4 rings (SSSR count). The number of nitriles is 1. The summed E-state index contributed by atoms with van der Waals surface area (Å²) in [6.45, 7) is 11.9. The van der Waals surface area contributed by atoms with Gasteiger partial charge in [0.25, 0.3) is 0 Å². The van der Waals surface area contributed by atoms with Crippen molar-refractivity contribution in [2.24, 2.45) is 0 Å². The molecule has 4 nitrogen and oxygen atoms in total. The molecule has 0 radical (unpaired) electrons. The molecule has 0 atom stereocenters. The summed E-state index contributed by atoms with van der Waals surface area (Å²) < 4.78 is 8.29. The van der Waals surface area contributed by atoms with Crippen LogP contribution in [0.2, 0.25) is 23.2 Å². The largest absolute Gasteiger partial charge is 0.413 e. The number of halogens is 1. The second-order valence-electron chi connectivity index (χ2n) is 10.2. The van der Waals surface area contributed by atoms with E-state index in [0.717, 1.165) is 32.3 Å². The Morgan fingerprint density at radius 2 is 1.61 bits per heavy atom. The molecule has 0 aliphatic heterocycles. The minimum Gasteiger partial charge on any atom is -0.413 e. The second-order valence-corrected chi connectivity index (χ2v) is 16.6. The molecule has 0 unspecified atom stereocenters. The maximum absolute atomic E-state index is 9.18. The summed E-state index contributed by atoms with van der Waals surface area (Å²) in [7, 11) is -1.80. The molecule has 0 saturated carbocycles. The first kappa shape index (κ1) is 26.2. The van der Waals surface area contributed by atoms with E-state index < -0.39 is 8.32 Å². The lowest BCUT2D eigenvalue weighted by atomic mass is 10.1. The number of nitrogens with zero attached hydrogens (tertiary/aromatic N) is 3. The van der Waals surface area contributed by atoms with Gasteiger partial charge in [-0.25, -0.2) is 4.68 Å². The summed E-state index contributed by atoms with van der Waals surface area (Å²) in [6.07, 6.45) is 2.05. The smallest absolute Gasteiger partial charge is 0.192 e. The van der Waals surface area contributed by atoms with Crippen LogP contribution in [0.1, 0.15) is 31.9 Å². The normalized spacial score (nSPS) is 11.9. The molecule has 0 amide bonds. The van der Waals surface area contributed by atoms with Gasteiger partial charge in [-0.2, -0.15) is 10.4 Å². The average molecular weight is 532 g/mol. The zero-order valence-corrected chi connectivity index (χ0v) is 23.8. The fourth-order valence-corrected chi connectivity index (χ4v) is 5.34. The molecular formula is C29H30ClN3OSSi. The summed E-state index contributed by atoms with van der Waals surface area (Å²) in [5.74, 6) is 0.